The number of hydrogen-bond donors (Lipinski definition) is 2. The average Bonchev–Trinajstić information content (AvgIpc) is 3.28. The second-order valence-corrected chi connectivity index (χ2v) is 9.62. The van der Waals surface area contributed by atoms with Crippen LogP contribution in [0.3, 0.4) is 0 Å². The predicted octanol–water partition coefficient (Wildman–Crippen LogP) is 3.24. The number of aromatic nitrogens is 4. The number of nitrogens with zero attached hydrogens (tertiary/aromatic N) is 3. The third-order valence-electron chi connectivity index (χ3n) is 6.90. The van der Waals surface area contributed by atoms with E-state index in [0.717, 1.165) is 57.6 Å². The second kappa shape index (κ2) is 6.49. The van der Waals surface area contributed by atoms with Gasteiger partial charge in [0.2, 0.25) is 0 Å². The fourth-order valence-electron chi connectivity index (χ4n) is 4.48. The lowest BCUT2D eigenvalue weighted by Gasteiger charge is -2.32. The minimum atomic E-state index is -0.468. The zero-order valence-corrected chi connectivity index (χ0v) is 18.7. The van der Waals surface area contributed by atoms with Crippen molar-refractivity contribution in [1.29, 1.82) is 0 Å². The lowest BCUT2D eigenvalue weighted by Crippen LogP contribution is -2.41. The number of nitrogens with two attached hydrogens (primary N) is 1. The van der Waals surface area contributed by atoms with E-state index in [9.17, 15) is 0 Å². The highest BCUT2D eigenvalue weighted by Gasteiger charge is 2.52. The topological polar surface area (TPSA) is 100 Å². The molecule has 0 bridgehead atoms. The third kappa shape index (κ3) is 2.84. The maximum atomic E-state index is 6.28. The Kier molecular flexibility index (Phi) is 3.98. The molecule has 6 rings (SSSR count). The van der Waals surface area contributed by atoms with Crippen LogP contribution in [-0.2, 0) is 15.9 Å². The highest BCUT2D eigenvalue weighted by atomic mass is 16.7. The number of ether oxygens (including phenoxy) is 1. The number of aryl methyl sites for hydroxylation is 1. The Morgan fingerprint density at radius 3 is 2.59 bits per heavy atom. The third-order valence-corrected chi connectivity index (χ3v) is 6.90. The number of nitrogens with one attached hydrogen (secondary N) is 1. The van der Waals surface area contributed by atoms with E-state index in [1.165, 1.54) is 0 Å². The molecule has 0 radical (unpaired) electrons. The van der Waals surface area contributed by atoms with Crippen molar-refractivity contribution in [2.75, 3.05) is 12.3 Å². The Balaban J connectivity index is 1.50. The Morgan fingerprint density at radius 2 is 1.81 bits per heavy atom. The number of aromatic amines is 1. The van der Waals surface area contributed by atoms with Crippen molar-refractivity contribution in [2.24, 2.45) is 0 Å². The summed E-state index contributed by atoms with van der Waals surface area (Å²) in [5, 5.41) is 0. The summed E-state index contributed by atoms with van der Waals surface area (Å²) in [4.78, 5) is 12.5. The van der Waals surface area contributed by atoms with Crippen LogP contribution >= 0.6 is 0 Å². The number of rotatable bonds is 2. The van der Waals surface area contributed by atoms with Gasteiger partial charge in [0.25, 0.3) is 0 Å². The SMILES string of the molecule is CC1(C)OB(c2cc3c4c(c2)nc(-c2ccc5[nH]c(N)nc5c2)n4CCCO3)OC1(C)C. The van der Waals surface area contributed by atoms with Gasteiger partial charge in [0.15, 0.2) is 5.95 Å². The van der Waals surface area contributed by atoms with E-state index in [4.69, 9.17) is 24.8 Å². The number of anilines is 1. The standard InChI is InChI=1S/C23H26BN5O3/c1-22(2)23(3,4)32-24(31-22)14-11-17-19-18(12-14)30-9-5-8-29(19)20(26-17)13-6-7-15-16(10-13)28-21(25)27-15/h6-7,10-12H,5,8-9H2,1-4H3,(H3,25,27,28). The predicted molar refractivity (Wildman–Crippen MR) is 125 cm³/mol. The van der Waals surface area contributed by atoms with E-state index < -0.39 is 18.3 Å². The van der Waals surface area contributed by atoms with Crippen LogP contribution in [0.1, 0.15) is 34.1 Å². The maximum Gasteiger partial charge on any atom is 0.495 e. The van der Waals surface area contributed by atoms with E-state index in [-0.39, 0.29) is 0 Å². The molecule has 2 aliphatic heterocycles. The molecule has 2 aromatic heterocycles. The highest BCUT2D eigenvalue weighted by molar-refractivity contribution is 6.62. The van der Waals surface area contributed by atoms with E-state index >= 15 is 0 Å². The minimum Gasteiger partial charge on any atom is -0.491 e. The Bertz CT molecular complexity index is 1360. The van der Waals surface area contributed by atoms with E-state index in [1.807, 2.05) is 24.3 Å². The molecule has 4 heterocycles. The quantitative estimate of drug-likeness (QED) is 0.473. The van der Waals surface area contributed by atoms with Gasteiger partial charge in [-0.15, -0.1) is 0 Å². The molecule has 2 aromatic carbocycles. The monoisotopic (exact) mass is 431 g/mol. The van der Waals surface area contributed by atoms with Crippen LogP contribution in [0, 0.1) is 0 Å². The zero-order chi connectivity index (χ0) is 22.3. The molecule has 0 unspecified atom stereocenters. The molecule has 1 saturated heterocycles. The van der Waals surface area contributed by atoms with E-state index in [2.05, 4.69) is 48.3 Å². The molecule has 0 amide bonds. The fourth-order valence-corrected chi connectivity index (χ4v) is 4.48. The van der Waals surface area contributed by atoms with Crippen molar-refractivity contribution in [3.63, 3.8) is 0 Å². The summed E-state index contributed by atoms with van der Waals surface area (Å²) >= 11 is 0. The van der Waals surface area contributed by atoms with Crippen molar-refractivity contribution < 1.29 is 14.0 Å². The molecule has 32 heavy (non-hydrogen) atoms. The Hall–Kier alpha value is -3.04. The average molecular weight is 431 g/mol. The molecule has 1 fully saturated rings. The number of imidazole rings is 2. The molecule has 2 aliphatic rings. The molecule has 9 heteroatoms. The summed E-state index contributed by atoms with van der Waals surface area (Å²) in [6.07, 6.45) is 0.899. The van der Waals surface area contributed by atoms with Gasteiger partial charge in [0.05, 0.1) is 34.4 Å². The smallest absolute Gasteiger partial charge is 0.491 e. The van der Waals surface area contributed by atoms with Crippen molar-refractivity contribution in [1.82, 2.24) is 19.5 Å². The maximum absolute atomic E-state index is 6.28. The summed E-state index contributed by atoms with van der Waals surface area (Å²) in [5.74, 6) is 2.11. The normalized spacial score (nSPS) is 19.4. The van der Waals surface area contributed by atoms with Crippen molar-refractivity contribution in [3.05, 3.63) is 30.3 Å². The fraction of sp³-hybridized carbons (Fsp3) is 0.391. The van der Waals surface area contributed by atoms with Gasteiger partial charge < -0.3 is 29.3 Å². The molecule has 8 nitrogen and oxygen atoms in total. The van der Waals surface area contributed by atoms with Crippen LogP contribution in [0.25, 0.3) is 33.5 Å². The molecule has 0 spiro atoms. The number of fused-ring (bicyclic) bond motifs is 1. The molecule has 0 saturated carbocycles. The number of hydrogen-bond acceptors (Lipinski definition) is 6. The summed E-state index contributed by atoms with van der Waals surface area (Å²) in [7, 11) is -0.468. The zero-order valence-electron chi connectivity index (χ0n) is 18.7. The first-order chi connectivity index (χ1) is 15.2. The first-order valence-electron chi connectivity index (χ1n) is 11.0. The second-order valence-electron chi connectivity index (χ2n) is 9.62. The van der Waals surface area contributed by atoms with Crippen LogP contribution < -0.4 is 15.9 Å². The first kappa shape index (κ1) is 19.6. The highest BCUT2D eigenvalue weighted by Crippen LogP contribution is 2.38. The molecular weight excluding hydrogens is 405 g/mol. The Labute approximate surface area is 186 Å². The lowest BCUT2D eigenvalue weighted by atomic mass is 9.79. The Morgan fingerprint density at radius 1 is 1.03 bits per heavy atom. The molecule has 3 N–H and O–H groups in total. The van der Waals surface area contributed by atoms with Crippen LogP contribution in [0.15, 0.2) is 30.3 Å². The summed E-state index contributed by atoms with van der Waals surface area (Å²) in [5.41, 5.74) is 10.5. The lowest BCUT2D eigenvalue weighted by molar-refractivity contribution is 0.00578. The van der Waals surface area contributed by atoms with Gasteiger partial charge in [-0.05, 0) is 69.9 Å². The molecule has 164 valence electrons. The largest absolute Gasteiger partial charge is 0.495 e. The summed E-state index contributed by atoms with van der Waals surface area (Å²) in [6, 6.07) is 10.2. The summed E-state index contributed by atoms with van der Waals surface area (Å²) < 4.78 is 20.9. The number of benzene rings is 2. The van der Waals surface area contributed by atoms with Gasteiger partial charge >= 0.3 is 7.12 Å². The van der Waals surface area contributed by atoms with Gasteiger partial charge in [-0.1, -0.05) is 0 Å². The van der Waals surface area contributed by atoms with Gasteiger partial charge in [-0.3, -0.25) is 0 Å². The molecule has 0 aliphatic carbocycles. The van der Waals surface area contributed by atoms with Crippen LogP contribution in [0.4, 0.5) is 5.95 Å². The van der Waals surface area contributed by atoms with Crippen LogP contribution in [-0.4, -0.2) is 44.4 Å². The number of H-pyrrole nitrogens is 1. The van der Waals surface area contributed by atoms with Crippen LogP contribution in [0.2, 0.25) is 0 Å². The molecule has 4 aromatic rings. The van der Waals surface area contributed by atoms with Gasteiger partial charge in [0.1, 0.15) is 17.1 Å². The molecule has 0 atom stereocenters. The van der Waals surface area contributed by atoms with Crippen LogP contribution in [0.5, 0.6) is 5.75 Å². The number of nitrogen functional groups attached to an aromatic ring is 1. The minimum absolute atomic E-state index is 0.409. The van der Waals surface area contributed by atoms with Crippen molar-refractivity contribution >= 4 is 40.6 Å². The van der Waals surface area contributed by atoms with E-state index in [1.54, 1.807) is 0 Å². The van der Waals surface area contributed by atoms with Crippen molar-refractivity contribution in [2.45, 2.75) is 51.9 Å². The van der Waals surface area contributed by atoms with Gasteiger partial charge in [-0.25, -0.2) is 9.97 Å². The molecular formula is C23H26BN5O3. The van der Waals surface area contributed by atoms with Crippen molar-refractivity contribution in [3.8, 4) is 17.1 Å². The van der Waals surface area contributed by atoms with Gasteiger partial charge in [0, 0.05) is 12.1 Å². The van der Waals surface area contributed by atoms with E-state index in [0.29, 0.717) is 12.6 Å². The summed E-state index contributed by atoms with van der Waals surface area (Å²) in [6.45, 7) is 9.71. The van der Waals surface area contributed by atoms with Gasteiger partial charge in [-0.2, -0.15) is 0 Å². The first-order valence-corrected chi connectivity index (χ1v) is 11.0.